The van der Waals surface area contributed by atoms with Gasteiger partial charge in [-0.3, -0.25) is 0 Å². The molecule has 0 N–H and O–H groups in total. The van der Waals surface area contributed by atoms with E-state index in [0.29, 0.717) is 12.0 Å². The first-order valence-corrected chi connectivity index (χ1v) is 7.19. The van der Waals surface area contributed by atoms with Crippen molar-refractivity contribution < 1.29 is 0 Å². The maximum absolute atomic E-state index is 4.64. The average Bonchev–Trinajstić information content (AvgIpc) is 2.95. The molecule has 2 aromatic heterocycles. The van der Waals surface area contributed by atoms with Crippen LogP contribution >= 0.6 is 15.9 Å². The second-order valence-electron chi connectivity index (χ2n) is 5.16. The second kappa shape index (κ2) is 4.63. The molecule has 0 spiro atoms. The predicted octanol–water partition coefficient (Wildman–Crippen LogP) is 2.69. The Balaban J connectivity index is 1.89. The van der Waals surface area contributed by atoms with Gasteiger partial charge in [0.1, 0.15) is 4.60 Å². The predicted molar refractivity (Wildman–Crippen MR) is 74.8 cm³/mol. The molecule has 0 radical (unpaired) electrons. The fourth-order valence-electron chi connectivity index (χ4n) is 2.53. The zero-order valence-corrected chi connectivity index (χ0v) is 12.3. The highest BCUT2D eigenvalue weighted by atomic mass is 79.9. The van der Waals surface area contributed by atoms with E-state index in [2.05, 4.69) is 44.8 Å². The zero-order valence-electron chi connectivity index (χ0n) is 10.7. The van der Waals surface area contributed by atoms with E-state index in [1.165, 1.54) is 0 Å². The number of aromatic nitrogens is 3. The molecule has 0 saturated carbocycles. The van der Waals surface area contributed by atoms with Gasteiger partial charge in [-0.1, -0.05) is 6.07 Å². The molecule has 0 aromatic carbocycles. The lowest BCUT2D eigenvalue weighted by atomic mass is 10.1. The first-order valence-electron chi connectivity index (χ1n) is 6.40. The summed E-state index contributed by atoms with van der Waals surface area (Å²) in [6, 6.07) is 6.59. The summed E-state index contributed by atoms with van der Waals surface area (Å²) in [5, 5.41) is 4.62. The van der Waals surface area contributed by atoms with Gasteiger partial charge in [0.25, 0.3) is 0 Å². The van der Waals surface area contributed by atoms with Crippen LogP contribution in [0.1, 0.15) is 32.0 Å². The van der Waals surface area contributed by atoms with Crippen molar-refractivity contribution in [3.63, 3.8) is 0 Å². The lowest BCUT2D eigenvalue weighted by Gasteiger charge is -2.19. The van der Waals surface area contributed by atoms with Crippen LogP contribution in [0.2, 0.25) is 0 Å². The van der Waals surface area contributed by atoms with E-state index in [1.54, 1.807) is 0 Å². The topological polar surface area (TPSA) is 33.4 Å². The van der Waals surface area contributed by atoms with Gasteiger partial charge >= 0.3 is 0 Å². The van der Waals surface area contributed by atoms with Gasteiger partial charge in [-0.2, -0.15) is 0 Å². The number of likely N-dealkylation sites (tertiary alicyclic amines) is 1. The van der Waals surface area contributed by atoms with Crippen molar-refractivity contribution in [1.29, 1.82) is 0 Å². The smallest absolute Gasteiger partial charge is 0.156 e. The van der Waals surface area contributed by atoms with Gasteiger partial charge in [0, 0.05) is 18.5 Å². The minimum absolute atomic E-state index is 0.471. The van der Waals surface area contributed by atoms with Crippen LogP contribution in [-0.2, 0) is 0 Å². The Morgan fingerprint density at radius 1 is 1.39 bits per heavy atom. The number of fused-ring (bicyclic) bond motifs is 1. The van der Waals surface area contributed by atoms with E-state index < -0.39 is 0 Å². The molecular weight excluding hydrogens is 292 g/mol. The SMILES string of the molecule is CC(C)N1CCC(c2nc3cccc(Br)n3n2)C1. The van der Waals surface area contributed by atoms with Crippen molar-refractivity contribution >= 4 is 21.6 Å². The zero-order chi connectivity index (χ0) is 12.7. The van der Waals surface area contributed by atoms with E-state index in [4.69, 9.17) is 0 Å². The largest absolute Gasteiger partial charge is 0.300 e. The van der Waals surface area contributed by atoms with Gasteiger partial charge < -0.3 is 4.90 Å². The molecule has 1 atom stereocenters. The normalized spacial score (nSPS) is 21.2. The van der Waals surface area contributed by atoms with Crippen molar-refractivity contribution in [1.82, 2.24) is 19.5 Å². The first-order chi connectivity index (χ1) is 8.65. The minimum Gasteiger partial charge on any atom is -0.300 e. The highest BCUT2D eigenvalue weighted by Crippen LogP contribution is 2.27. The number of hydrogen-bond donors (Lipinski definition) is 0. The Hall–Kier alpha value is -0.940. The maximum Gasteiger partial charge on any atom is 0.156 e. The minimum atomic E-state index is 0.471. The van der Waals surface area contributed by atoms with E-state index in [0.717, 1.165) is 35.6 Å². The fourth-order valence-corrected chi connectivity index (χ4v) is 2.94. The van der Waals surface area contributed by atoms with Crippen LogP contribution in [0.4, 0.5) is 0 Å². The van der Waals surface area contributed by atoms with Crippen LogP contribution in [0.5, 0.6) is 0 Å². The monoisotopic (exact) mass is 308 g/mol. The van der Waals surface area contributed by atoms with Crippen molar-refractivity contribution in [3.05, 3.63) is 28.6 Å². The molecule has 3 rings (SSSR count). The first kappa shape index (κ1) is 12.1. The van der Waals surface area contributed by atoms with Gasteiger partial charge in [0.05, 0.1) is 0 Å². The number of halogens is 1. The third-order valence-electron chi connectivity index (χ3n) is 3.65. The molecule has 4 nitrogen and oxygen atoms in total. The standard InChI is InChI=1S/C13H17BrN4/c1-9(2)17-7-6-10(8-17)13-15-12-5-3-4-11(14)18(12)16-13/h3-5,9-10H,6-8H2,1-2H3. The quantitative estimate of drug-likeness (QED) is 0.800. The highest BCUT2D eigenvalue weighted by Gasteiger charge is 2.28. The summed E-state index contributed by atoms with van der Waals surface area (Å²) < 4.78 is 2.82. The molecule has 5 heteroatoms. The summed E-state index contributed by atoms with van der Waals surface area (Å²) >= 11 is 3.50. The summed E-state index contributed by atoms with van der Waals surface area (Å²) in [6.45, 7) is 6.72. The Morgan fingerprint density at radius 2 is 2.22 bits per heavy atom. The Bertz CT molecular complexity index is 563. The number of hydrogen-bond acceptors (Lipinski definition) is 3. The number of rotatable bonds is 2. The fraction of sp³-hybridized carbons (Fsp3) is 0.538. The van der Waals surface area contributed by atoms with Crippen LogP contribution in [0.25, 0.3) is 5.65 Å². The van der Waals surface area contributed by atoms with Gasteiger partial charge in [-0.25, -0.2) is 9.50 Å². The Kier molecular flexibility index (Phi) is 3.11. The Morgan fingerprint density at radius 3 is 2.89 bits per heavy atom. The number of pyridine rings is 1. The van der Waals surface area contributed by atoms with Gasteiger partial charge in [0.2, 0.25) is 0 Å². The Labute approximate surface area is 115 Å². The molecule has 1 unspecified atom stereocenters. The molecule has 0 amide bonds. The summed E-state index contributed by atoms with van der Waals surface area (Å²) in [5.74, 6) is 1.45. The molecule has 0 aliphatic carbocycles. The summed E-state index contributed by atoms with van der Waals surface area (Å²) in [7, 11) is 0. The van der Waals surface area contributed by atoms with Gasteiger partial charge in [-0.05, 0) is 54.9 Å². The number of nitrogens with zero attached hydrogens (tertiary/aromatic N) is 4. The maximum atomic E-state index is 4.64. The highest BCUT2D eigenvalue weighted by molar-refractivity contribution is 9.10. The second-order valence-corrected chi connectivity index (χ2v) is 5.98. The van der Waals surface area contributed by atoms with E-state index in [9.17, 15) is 0 Å². The third kappa shape index (κ3) is 2.06. The molecule has 3 heterocycles. The van der Waals surface area contributed by atoms with Crippen molar-refractivity contribution in [2.75, 3.05) is 13.1 Å². The van der Waals surface area contributed by atoms with E-state index in [-0.39, 0.29) is 0 Å². The average molecular weight is 309 g/mol. The molecule has 1 aliphatic rings. The van der Waals surface area contributed by atoms with Crippen molar-refractivity contribution in [3.8, 4) is 0 Å². The van der Waals surface area contributed by atoms with Gasteiger partial charge in [-0.15, -0.1) is 5.10 Å². The molecule has 0 bridgehead atoms. The lowest BCUT2D eigenvalue weighted by Crippen LogP contribution is -2.28. The molecule has 96 valence electrons. The van der Waals surface area contributed by atoms with Crippen LogP contribution in [0, 0.1) is 0 Å². The van der Waals surface area contributed by atoms with Crippen LogP contribution in [0.3, 0.4) is 0 Å². The summed E-state index contributed by atoms with van der Waals surface area (Å²) in [5.41, 5.74) is 0.919. The molecule has 1 aliphatic heterocycles. The summed E-state index contributed by atoms with van der Waals surface area (Å²) in [6.07, 6.45) is 1.16. The van der Waals surface area contributed by atoms with Crippen LogP contribution < -0.4 is 0 Å². The van der Waals surface area contributed by atoms with Crippen molar-refractivity contribution in [2.24, 2.45) is 0 Å². The van der Waals surface area contributed by atoms with Gasteiger partial charge in [0.15, 0.2) is 11.5 Å². The molecule has 2 aromatic rings. The summed E-state index contributed by atoms with van der Waals surface area (Å²) in [4.78, 5) is 7.14. The van der Waals surface area contributed by atoms with Crippen molar-refractivity contribution in [2.45, 2.75) is 32.2 Å². The molecule has 1 saturated heterocycles. The van der Waals surface area contributed by atoms with Crippen LogP contribution in [-0.4, -0.2) is 38.6 Å². The third-order valence-corrected chi connectivity index (χ3v) is 4.25. The molecule has 18 heavy (non-hydrogen) atoms. The van der Waals surface area contributed by atoms with Crippen LogP contribution in [0.15, 0.2) is 22.8 Å². The molecular formula is C13H17BrN4. The van der Waals surface area contributed by atoms with E-state index >= 15 is 0 Å². The lowest BCUT2D eigenvalue weighted by molar-refractivity contribution is 0.272. The molecule has 1 fully saturated rings. The van der Waals surface area contributed by atoms with E-state index in [1.807, 2.05) is 22.7 Å².